The molecule has 0 unspecified atom stereocenters. The molecule has 4 rings (SSSR count). The molecule has 33 heavy (non-hydrogen) atoms. The Kier molecular flexibility index (Phi) is 6.37. The van der Waals surface area contributed by atoms with Crippen LogP contribution < -0.4 is 9.62 Å². The lowest BCUT2D eigenvalue weighted by Crippen LogP contribution is -2.48. The van der Waals surface area contributed by atoms with Crippen molar-refractivity contribution in [3.05, 3.63) is 89.2 Å². The number of carbonyl (C=O) groups is 1. The van der Waals surface area contributed by atoms with Crippen molar-refractivity contribution in [3.63, 3.8) is 0 Å². The lowest BCUT2D eigenvalue weighted by atomic mass is 10.1. The highest BCUT2D eigenvalue weighted by atomic mass is 32.2. The van der Waals surface area contributed by atoms with Crippen molar-refractivity contribution in [2.24, 2.45) is 0 Å². The molecule has 0 atom stereocenters. The molecule has 1 aliphatic heterocycles. The van der Waals surface area contributed by atoms with Crippen LogP contribution in [-0.4, -0.2) is 45.4 Å². The number of amides is 1. The summed E-state index contributed by atoms with van der Waals surface area (Å²) in [6, 6.07) is 18.4. The van der Waals surface area contributed by atoms with Gasteiger partial charge in [-0.15, -0.1) is 0 Å². The smallest absolute Gasteiger partial charge is 0.261 e. The third-order valence-corrected chi connectivity index (χ3v) is 7.13. The Balaban J connectivity index is 1.44. The van der Waals surface area contributed by atoms with E-state index in [0.717, 1.165) is 24.8 Å². The zero-order valence-corrected chi connectivity index (χ0v) is 19.4. The van der Waals surface area contributed by atoms with Crippen LogP contribution in [0.4, 0.5) is 15.8 Å². The Morgan fingerprint density at radius 1 is 0.909 bits per heavy atom. The molecule has 0 bridgehead atoms. The molecule has 0 saturated carbocycles. The van der Waals surface area contributed by atoms with Gasteiger partial charge in [0.15, 0.2) is 0 Å². The Morgan fingerprint density at radius 2 is 1.64 bits per heavy atom. The Hall–Kier alpha value is -3.39. The van der Waals surface area contributed by atoms with Gasteiger partial charge in [0.1, 0.15) is 5.82 Å². The lowest BCUT2D eigenvalue weighted by molar-refractivity contribution is 0.0747. The number of nitrogens with zero attached hydrogens (tertiary/aromatic N) is 2. The van der Waals surface area contributed by atoms with Gasteiger partial charge in [0, 0.05) is 43.1 Å². The Labute approximate surface area is 193 Å². The molecule has 1 N–H and O–H groups in total. The third kappa shape index (κ3) is 5.17. The third-order valence-electron chi connectivity index (χ3n) is 5.75. The maximum Gasteiger partial charge on any atom is 0.261 e. The lowest BCUT2D eigenvalue weighted by Gasteiger charge is -2.36. The number of halogens is 1. The average Bonchev–Trinajstić information content (AvgIpc) is 2.80. The van der Waals surface area contributed by atoms with Gasteiger partial charge in [-0.3, -0.25) is 9.52 Å². The molecule has 1 saturated heterocycles. The highest BCUT2D eigenvalue weighted by molar-refractivity contribution is 7.92. The maximum absolute atomic E-state index is 13.8. The minimum absolute atomic E-state index is 0.152. The van der Waals surface area contributed by atoms with Crippen molar-refractivity contribution < 1.29 is 17.6 Å². The van der Waals surface area contributed by atoms with E-state index in [0.29, 0.717) is 24.2 Å². The quantitative estimate of drug-likeness (QED) is 0.611. The first-order valence-corrected chi connectivity index (χ1v) is 12.2. The van der Waals surface area contributed by atoms with Gasteiger partial charge in [-0.25, -0.2) is 12.8 Å². The second kappa shape index (κ2) is 9.23. The van der Waals surface area contributed by atoms with Crippen LogP contribution in [-0.2, 0) is 10.0 Å². The van der Waals surface area contributed by atoms with Gasteiger partial charge in [-0.1, -0.05) is 24.3 Å². The fourth-order valence-electron chi connectivity index (χ4n) is 3.85. The number of benzene rings is 3. The van der Waals surface area contributed by atoms with Crippen molar-refractivity contribution >= 4 is 27.3 Å². The maximum atomic E-state index is 13.8. The molecule has 1 aliphatic rings. The largest absolute Gasteiger partial charge is 0.368 e. The van der Waals surface area contributed by atoms with Crippen LogP contribution >= 0.6 is 0 Å². The van der Waals surface area contributed by atoms with Crippen molar-refractivity contribution in [2.45, 2.75) is 18.7 Å². The minimum atomic E-state index is -3.98. The predicted octanol–water partition coefficient (Wildman–Crippen LogP) is 4.21. The number of anilines is 2. The summed E-state index contributed by atoms with van der Waals surface area (Å²) in [5, 5.41) is 0. The average molecular weight is 468 g/mol. The van der Waals surface area contributed by atoms with E-state index in [9.17, 15) is 17.6 Å². The van der Waals surface area contributed by atoms with E-state index in [-0.39, 0.29) is 16.5 Å². The zero-order valence-electron chi connectivity index (χ0n) is 18.6. The summed E-state index contributed by atoms with van der Waals surface area (Å²) in [7, 11) is -3.98. The van der Waals surface area contributed by atoms with Crippen LogP contribution in [0.3, 0.4) is 0 Å². The number of piperazine rings is 1. The summed E-state index contributed by atoms with van der Waals surface area (Å²) in [6.07, 6.45) is 0. The summed E-state index contributed by atoms with van der Waals surface area (Å²) in [5.41, 5.74) is 3.35. The molecule has 172 valence electrons. The topological polar surface area (TPSA) is 69.7 Å². The summed E-state index contributed by atoms with van der Waals surface area (Å²) in [4.78, 5) is 16.9. The Morgan fingerprint density at radius 3 is 2.33 bits per heavy atom. The molecular weight excluding hydrogens is 441 g/mol. The molecular formula is C25H26FN3O3S. The summed E-state index contributed by atoms with van der Waals surface area (Å²) in [6.45, 7) is 6.21. The van der Waals surface area contributed by atoms with E-state index in [4.69, 9.17) is 0 Å². The predicted molar refractivity (Wildman–Crippen MR) is 128 cm³/mol. The van der Waals surface area contributed by atoms with Gasteiger partial charge in [-0.2, -0.15) is 0 Å². The molecule has 3 aromatic rings. The second-order valence-corrected chi connectivity index (χ2v) is 9.90. The summed E-state index contributed by atoms with van der Waals surface area (Å²) in [5.74, 6) is -0.743. The van der Waals surface area contributed by atoms with E-state index < -0.39 is 15.8 Å². The van der Waals surface area contributed by atoms with Crippen molar-refractivity contribution in [2.75, 3.05) is 35.8 Å². The van der Waals surface area contributed by atoms with E-state index in [2.05, 4.69) is 34.7 Å². The van der Waals surface area contributed by atoms with Gasteiger partial charge < -0.3 is 9.80 Å². The van der Waals surface area contributed by atoms with Crippen molar-refractivity contribution in [1.82, 2.24) is 4.90 Å². The monoisotopic (exact) mass is 467 g/mol. The molecule has 8 heteroatoms. The van der Waals surface area contributed by atoms with Crippen LogP contribution in [0.2, 0.25) is 0 Å². The number of nitrogens with one attached hydrogen (secondary N) is 1. The Bertz CT molecular complexity index is 1290. The highest BCUT2D eigenvalue weighted by Crippen LogP contribution is 2.22. The van der Waals surface area contributed by atoms with Gasteiger partial charge in [-0.05, 0) is 67.4 Å². The van der Waals surface area contributed by atoms with Gasteiger partial charge in [0.25, 0.3) is 15.9 Å². The fourth-order valence-corrected chi connectivity index (χ4v) is 4.91. The van der Waals surface area contributed by atoms with Gasteiger partial charge in [0.05, 0.1) is 4.90 Å². The number of hydrogen-bond acceptors (Lipinski definition) is 4. The first kappa shape index (κ1) is 22.8. The van der Waals surface area contributed by atoms with Crippen LogP contribution in [0.1, 0.15) is 21.5 Å². The van der Waals surface area contributed by atoms with E-state index >= 15 is 0 Å². The van der Waals surface area contributed by atoms with E-state index in [1.54, 1.807) is 30.0 Å². The second-order valence-electron chi connectivity index (χ2n) is 8.22. The first-order chi connectivity index (χ1) is 15.7. The summed E-state index contributed by atoms with van der Waals surface area (Å²) >= 11 is 0. The van der Waals surface area contributed by atoms with Crippen LogP contribution in [0, 0.1) is 19.7 Å². The van der Waals surface area contributed by atoms with Gasteiger partial charge in [0.2, 0.25) is 0 Å². The van der Waals surface area contributed by atoms with Crippen LogP contribution in [0.25, 0.3) is 0 Å². The molecule has 0 radical (unpaired) electrons. The first-order valence-electron chi connectivity index (χ1n) is 10.7. The normalized spacial score (nSPS) is 14.3. The minimum Gasteiger partial charge on any atom is -0.368 e. The van der Waals surface area contributed by atoms with Crippen LogP contribution in [0.15, 0.2) is 71.6 Å². The molecule has 0 aliphatic carbocycles. The number of rotatable bonds is 5. The molecule has 0 spiro atoms. The number of carbonyl (C=O) groups excluding carboxylic acids is 1. The zero-order chi connectivity index (χ0) is 23.6. The van der Waals surface area contributed by atoms with E-state index in [1.807, 2.05) is 6.07 Å². The highest BCUT2D eigenvalue weighted by Gasteiger charge is 2.23. The molecule has 6 nitrogen and oxygen atoms in total. The molecule has 3 aromatic carbocycles. The number of hydrogen-bond donors (Lipinski definition) is 1. The fraction of sp³-hybridized carbons (Fsp3) is 0.240. The number of sulfonamides is 1. The summed E-state index contributed by atoms with van der Waals surface area (Å²) < 4.78 is 41.6. The van der Waals surface area contributed by atoms with Crippen LogP contribution in [0.5, 0.6) is 0 Å². The number of aryl methyl sites for hydroxylation is 2. The van der Waals surface area contributed by atoms with Gasteiger partial charge >= 0.3 is 0 Å². The van der Waals surface area contributed by atoms with Crippen molar-refractivity contribution in [3.8, 4) is 0 Å². The van der Waals surface area contributed by atoms with Crippen molar-refractivity contribution in [1.29, 1.82) is 0 Å². The molecule has 1 amide bonds. The SMILES string of the molecule is Cc1cccc(N2CCN(C(=O)c3cccc(NS(=O)(=O)c4ccc(C)c(F)c4)c3)CC2)c1. The molecule has 0 aromatic heterocycles. The standard InChI is InChI=1S/C25H26FN3O3S/c1-18-5-3-8-22(15-18)28-11-13-29(14-12-28)25(30)20-6-4-7-21(16-20)27-33(31,32)23-10-9-19(2)24(26)17-23/h3-10,15-17,27H,11-14H2,1-2H3. The van der Waals surface area contributed by atoms with E-state index in [1.165, 1.54) is 23.8 Å². The molecule has 1 fully saturated rings. The molecule has 1 heterocycles.